The van der Waals surface area contributed by atoms with Crippen LogP contribution >= 0.6 is 0 Å². The molecule has 13 heteroatoms. The lowest BCUT2D eigenvalue weighted by Gasteiger charge is -2.33. The molecular weight excluding hydrogens is 564 g/mol. The Morgan fingerprint density at radius 1 is 1.12 bits per heavy atom. The first-order valence-electron chi connectivity index (χ1n) is 15.1. The van der Waals surface area contributed by atoms with Crippen molar-refractivity contribution in [1.82, 2.24) is 19.8 Å². The van der Waals surface area contributed by atoms with Gasteiger partial charge in [-0.1, -0.05) is 59.1 Å². The number of aliphatic carboxylic acids is 1. The van der Waals surface area contributed by atoms with Crippen LogP contribution in [0.3, 0.4) is 0 Å². The van der Waals surface area contributed by atoms with E-state index in [-0.39, 0.29) is 18.2 Å². The third kappa shape index (κ3) is 8.68. The van der Waals surface area contributed by atoms with Crippen LogP contribution in [0.1, 0.15) is 85.5 Å². The van der Waals surface area contributed by atoms with Gasteiger partial charge in [0, 0.05) is 24.4 Å². The number of unbranched alkanes of at least 4 members (excludes halogenated alkanes) is 4. The number of amides is 3. The summed E-state index contributed by atoms with van der Waals surface area (Å²) >= 11 is 0. The van der Waals surface area contributed by atoms with Crippen LogP contribution in [0.2, 0.25) is 0 Å². The molecule has 0 aromatic heterocycles. The molecule has 0 aromatic carbocycles. The third-order valence-corrected chi connectivity index (χ3v) is 10.3. The minimum Gasteiger partial charge on any atom is -0.479 e. The van der Waals surface area contributed by atoms with Crippen molar-refractivity contribution in [2.75, 3.05) is 31.9 Å². The van der Waals surface area contributed by atoms with Gasteiger partial charge in [-0.05, 0) is 38.5 Å². The van der Waals surface area contributed by atoms with Gasteiger partial charge in [-0.2, -0.15) is 4.31 Å². The second-order valence-corrected chi connectivity index (χ2v) is 14.8. The van der Waals surface area contributed by atoms with E-state index >= 15 is 0 Å². The fourth-order valence-electron chi connectivity index (χ4n) is 5.54. The third-order valence-electron chi connectivity index (χ3n) is 8.38. The Morgan fingerprint density at radius 3 is 2.48 bits per heavy atom. The van der Waals surface area contributed by atoms with Gasteiger partial charge in [0.2, 0.25) is 21.8 Å². The number of carbonyl (C=O) groups is 4. The molecule has 2 aliphatic heterocycles. The van der Waals surface area contributed by atoms with Crippen molar-refractivity contribution in [1.29, 1.82) is 0 Å². The van der Waals surface area contributed by atoms with Gasteiger partial charge in [0.25, 0.3) is 0 Å². The zero-order valence-electron chi connectivity index (χ0n) is 25.4. The second kappa shape index (κ2) is 14.2. The smallest absolute Gasteiger partial charge is 0.407 e. The molecule has 238 valence electrons. The van der Waals surface area contributed by atoms with Gasteiger partial charge in [-0.3, -0.25) is 9.59 Å². The SMILES string of the molecule is CCCCCC/C=C\C1C[C@]1(NC(=O)[C@@H]1CCCN1C(=O)CNC(=O)OC(CN1CCCS1(=O)=O)C(C)(C)C)C(=O)O. The summed E-state index contributed by atoms with van der Waals surface area (Å²) in [6.07, 6.45) is 9.42. The maximum atomic E-state index is 13.2. The quantitative estimate of drug-likeness (QED) is 0.199. The van der Waals surface area contributed by atoms with E-state index in [0.29, 0.717) is 38.8 Å². The topological polar surface area (TPSA) is 162 Å². The molecule has 42 heavy (non-hydrogen) atoms. The van der Waals surface area contributed by atoms with Gasteiger partial charge in [-0.15, -0.1) is 0 Å². The lowest BCUT2D eigenvalue weighted by Crippen LogP contribution is -2.54. The highest BCUT2D eigenvalue weighted by atomic mass is 32.2. The van der Waals surface area contributed by atoms with Gasteiger partial charge in [0.15, 0.2) is 0 Å². The summed E-state index contributed by atoms with van der Waals surface area (Å²) in [6, 6.07) is -0.825. The molecule has 2 saturated heterocycles. The number of likely N-dealkylation sites (tertiary alicyclic amines) is 1. The standard InChI is InChI=1S/C29H48N4O8S/c1-5-6-7-8-9-10-13-21-18-29(21,26(36)37)31-25(35)22-14-11-16-33(22)24(34)19-30-27(38)41-23(28(2,3)4)20-32-15-12-17-42(32,39)40/h10,13,21-23H,5-9,11-12,14-20H2,1-4H3,(H,30,38)(H,31,35)(H,36,37)/b13-10-/t21?,22-,23?,29+/m0/s1. The van der Waals surface area contributed by atoms with Gasteiger partial charge < -0.3 is 25.4 Å². The number of hydrogen-bond acceptors (Lipinski definition) is 7. The monoisotopic (exact) mass is 612 g/mol. The zero-order chi connectivity index (χ0) is 31.1. The van der Waals surface area contributed by atoms with Crippen LogP contribution in [-0.2, 0) is 29.1 Å². The normalized spacial score (nSPS) is 26.2. The van der Waals surface area contributed by atoms with Crippen molar-refractivity contribution in [3.63, 3.8) is 0 Å². The first-order valence-corrected chi connectivity index (χ1v) is 16.8. The molecule has 1 aliphatic carbocycles. The number of nitrogens with one attached hydrogen (secondary N) is 2. The van der Waals surface area contributed by atoms with E-state index in [1.54, 1.807) is 0 Å². The number of carboxylic acids is 1. The molecule has 3 amide bonds. The number of carboxylic acid groups (broad SMARTS) is 1. The van der Waals surface area contributed by atoms with Crippen LogP contribution in [0, 0.1) is 11.3 Å². The molecule has 0 spiro atoms. The summed E-state index contributed by atoms with van der Waals surface area (Å²) < 4.78 is 31.4. The number of alkyl carbamates (subject to hydrolysis) is 1. The molecule has 2 unspecified atom stereocenters. The van der Waals surface area contributed by atoms with E-state index in [4.69, 9.17) is 4.74 Å². The summed E-state index contributed by atoms with van der Waals surface area (Å²) in [5, 5.41) is 15.0. The zero-order valence-corrected chi connectivity index (χ0v) is 26.2. The van der Waals surface area contributed by atoms with Gasteiger partial charge >= 0.3 is 12.1 Å². The van der Waals surface area contributed by atoms with Gasteiger partial charge in [0.1, 0.15) is 24.2 Å². The highest BCUT2D eigenvalue weighted by Crippen LogP contribution is 2.45. The molecule has 3 rings (SSSR count). The number of rotatable bonds is 14. The molecule has 4 atom stereocenters. The average molecular weight is 613 g/mol. The highest BCUT2D eigenvalue weighted by molar-refractivity contribution is 7.89. The Morgan fingerprint density at radius 2 is 1.86 bits per heavy atom. The molecule has 3 aliphatic rings. The summed E-state index contributed by atoms with van der Waals surface area (Å²) in [5.41, 5.74) is -1.91. The van der Waals surface area contributed by atoms with Crippen molar-refractivity contribution in [2.45, 2.75) is 103 Å². The molecule has 3 N–H and O–H groups in total. The molecule has 1 saturated carbocycles. The highest BCUT2D eigenvalue weighted by Gasteiger charge is 2.61. The Labute approximate surface area is 249 Å². The van der Waals surface area contributed by atoms with E-state index in [1.165, 1.54) is 15.6 Å². The van der Waals surface area contributed by atoms with Crippen LogP contribution in [-0.4, -0.2) is 96.2 Å². The molecule has 0 bridgehead atoms. The Bertz CT molecular complexity index is 1130. The lowest BCUT2D eigenvalue weighted by molar-refractivity contribution is -0.145. The minimum atomic E-state index is -3.37. The van der Waals surface area contributed by atoms with E-state index in [1.807, 2.05) is 32.9 Å². The predicted octanol–water partition coefficient (Wildman–Crippen LogP) is 2.64. The molecule has 0 aromatic rings. The summed E-state index contributed by atoms with van der Waals surface area (Å²) in [7, 11) is -3.37. The molecule has 2 heterocycles. The molecular formula is C29H48N4O8S. The van der Waals surface area contributed by atoms with Crippen molar-refractivity contribution < 1.29 is 37.4 Å². The molecule has 12 nitrogen and oxygen atoms in total. The Kier molecular flexibility index (Phi) is 11.4. The van der Waals surface area contributed by atoms with Crippen LogP contribution in [0.4, 0.5) is 4.79 Å². The molecule has 3 fully saturated rings. The molecule has 0 radical (unpaired) electrons. The number of nitrogens with zero attached hydrogens (tertiary/aromatic N) is 2. The fraction of sp³-hybridized carbons (Fsp3) is 0.793. The van der Waals surface area contributed by atoms with E-state index in [9.17, 15) is 32.7 Å². The summed E-state index contributed by atoms with van der Waals surface area (Å²) in [6.45, 7) is 7.96. The van der Waals surface area contributed by atoms with Gasteiger partial charge in [-0.25, -0.2) is 18.0 Å². The largest absolute Gasteiger partial charge is 0.479 e. The summed E-state index contributed by atoms with van der Waals surface area (Å²) in [5.74, 6) is -2.31. The fourth-order valence-corrected chi connectivity index (χ4v) is 7.07. The maximum absolute atomic E-state index is 13.2. The number of ether oxygens (including phenoxy) is 1. The summed E-state index contributed by atoms with van der Waals surface area (Å²) in [4.78, 5) is 52.2. The first kappa shape index (κ1) is 33.8. The van der Waals surface area contributed by atoms with Gasteiger partial charge in [0.05, 0.1) is 12.3 Å². The second-order valence-electron chi connectivity index (χ2n) is 12.7. The predicted molar refractivity (Wildman–Crippen MR) is 157 cm³/mol. The van der Waals surface area contributed by atoms with E-state index < -0.39 is 63.5 Å². The van der Waals surface area contributed by atoms with Crippen LogP contribution in [0.15, 0.2) is 12.2 Å². The van der Waals surface area contributed by atoms with Crippen molar-refractivity contribution in [2.24, 2.45) is 11.3 Å². The van der Waals surface area contributed by atoms with Crippen molar-refractivity contribution in [3.05, 3.63) is 12.2 Å². The Hall–Kier alpha value is -2.67. The van der Waals surface area contributed by atoms with E-state index in [2.05, 4.69) is 17.6 Å². The lowest BCUT2D eigenvalue weighted by atomic mass is 9.89. The minimum absolute atomic E-state index is 0.0297. The van der Waals surface area contributed by atoms with Crippen molar-refractivity contribution >= 4 is 33.9 Å². The van der Waals surface area contributed by atoms with Crippen LogP contribution in [0.5, 0.6) is 0 Å². The van der Waals surface area contributed by atoms with Crippen LogP contribution < -0.4 is 10.6 Å². The average Bonchev–Trinajstić information content (AvgIpc) is 3.21. The number of hydrogen-bond donors (Lipinski definition) is 3. The van der Waals surface area contributed by atoms with E-state index in [0.717, 1.165) is 25.7 Å². The van der Waals surface area contributed by atoms with Crippen LogP contribution in [0.25, 0.3) is 0 Å². The number of allylic oxidation sites excluding steroid dienone is 1. The number of carbonyl (C=O) groups excluding carboxylic acids is 3. The number of sulfonamides is 1. The Balaban J connectivity index is 1.52. The first-order chi connectivity index (χ1) is 19.7. The maximum Gasteiger partial charge on any atom is 0.407 e. The van der Waals surface area contributed by atoms with Crippen molar-refractivity contribution in [3.8, 4) is 0 Å².